The lowest BCUT2D eigenvalue weighted by Gasteiger charge is -2.10. The second-order valence-electron chi connectivity index (χ2n) is 3.57. The fourth-order valence-electron chi connectivity index (χ4n) is 1.39. The quantitative estimate of drug-likeness (QED) is 0.714. The van der Waals surface area contributed by atoms with Gasteiger partial charge in [0.25, 0.3) is 0 Å². The fourth-order valence-corrected chi connectivity index (χ4v) is 1.39. The van der Waals surface area contributed by atoms with Gasteiger partial charge in [0.05, 0.1) is 17.9 Å². The predicted molar refractivity (Wildman–Crippen MR) is 55.8 cm³/mol. The highest BCUT2D eigenvalue weighted by Gasteiger charge is 2.08. The number of nitrogens with two attached hydrogens (primary N) is 1. The highest BCUT2D eigenvalue weighted by atomic mass is 15.4. The third-order valence-corrected chi connectivity index (χ3v) is 2.21. The minimum absolute atomic E-state index is 0.477. The van der Waals surface area contributed by atoms with E-state index < -0.39 is 0 Å². The lowest BCUT2D eigenvalue weighted by Crippen LogP contribution is -2.20. The summed E-state index contributed by atoms with van der Waals surface area (Å²) in [5.74, 6) is 0. The van der Waals surface area contributed by atoms with Gasteiger partial charge in [0, 0.05) is 13.1 Å². The van der Waals surface area contributed by atoms with E-state index >= 15 is 0 Å². The highest BCUT2D eigenvalue weighted by Crippen LogP contribution is 2.05. The SMILES string of the molecule is CCc1c(CN)nnn1CCN(C)C. The molecule has 2 N–H and O–H groups in total. The Morgan fingerprint density at radius 2 is 2.14 bits per heavy atom. The molecule has 5 heteroatoms. The van der Waals surface area contributed by atoms with Crippen molar-refractivity contribution in [2.45, 2.75) is 26.4 Å². The van der Waals surface area contributed by atoms with Crippen molar-refractivity contribution in [3.8, 4) is 0 Å². The molecule has 0 amide bonds. The molecule has 0 aliphatic heterocycles. The monoisotopic (exact) mass is 197 g/mol. The van der Waals surface area contributed by atoms with Crippen LogP contribution in [0.1, 0.15) is 18.3 Å². The maximum atomic E-state index is 5.57. The van der Waals surface area contributed by atoms with Gasteiger partial charge in [-0.2, -0.15) is 0 Å². The van der Waals surface area contributed by atoms with Crippen molar-refractivity contribution in [1.29, 1.82) is 0 Å². The number of likely N-dealkylation sites (N-methyl/N-ethyl adjacent to an activating group) is 1. The highest BCUT2D eigenvalue weighted by molar-refractivity contribution is 5.09. The second-order valence-corrected chi connectivity index (χ2v) is 3.57. The van der Waals surface area contributed by atoms with Gasteiger partial charge in [0.15, 0.2) is 0 Å². The van der Waals surface area contributed by atoms with Crippen molar-refractivity contribution in [3.63, 3.8) is 0 Å². The van der Waals surface area contributed by atoms with E-state index in [0.717, 1.165) is 30.9 Å². The Morgan fingerprint density at radius 1 is 1.43 bits per heavy atom. The van der Waals surface area contributed by atoms with Crippen molar-refractivity contribution in [2.75, 3.05) is 20.6 Å². The van der Waals surface area contributed by atoms with Crippen LogP contribution in [-0.2, 0) is 19.5 Å². The molecule has 0 unspecified atom stereocenters. The molecule has 0 spiro atoms. The maximum absolute atomic E-state index is 5.57. The minimum Gasteiger partial charge on any atom is -0.325 e. The normalized spacial score (nSPS) is 11.2. The number of hydrogen-bond acceptors (Lipinski definition) is 4. The molecule has 0 aliphatic rings. The van der Waals surface area contributed by atoms with Gasteiger partial charge < -0.3 is 10.6 Å². The van der Waals surface area contributed by atoms with Crippen LogP contribution >= 0.6 is 0 Å². The molecule has 14 heavy (non-hydrogen) atoms. The van der Waals surface area contributed by atoms with Crippen LogP contribution in [0.2, 0.25) is 0 Å². The number of rotatable bonds is 5. The summed E-state index contributed by atoms with van der Waals surface area (Å²) in [6, 6.07) is 0. The van der Waals surface area contributed by atoms with Crippen molar-refractivity contribution in [1.82, 2.24) is 19.9 Å². The molecular weight excluding hydrogens is 178 g/mol. The molecule has 1 aromatic rings. The van der Waals surface area contributed by atoms with Crippen LogP contribution in [0.15, 0.2) is 0 Å². The van der Waals surface area contributed by atoms with E-state index in [9.17, 15) is 0 Å². The van der Waals surface area contributed by atoms with Crippen LogP contribution in [0.25, 0.3) is 0 Å². The zero-order valence-electron chi connectivity index (χ0n) is 9.19. The van der Waals surface area contributed by atoms with Crippen molar-refractivity contribution in [3.05, 3.63) is 11.4 Å². The molecular formula is C9H19N5. The topological polar surface area (TPSA) is 60.0 Å². The number of aromatic nitrogens is 3. The van der Waals surface area contributed by atoms with Gasteiger partial charge in [-0.15, -0.1) is 5.10 Å². The van der Waals surface area contributed by atoms with Crippen LogP contribution in [0.5, 0.6) is 0 Å². The van der Waals surface area contributed by atoms with Crippen LogP contribution in [0, 0.1) is 0 Å². The molecule has 5 nitrogen and oxygen atoms in total. The molecule has 1 heterocycles. The third kappa shape index (κ3) is 2.52. The Labute approximate surface area is 84.9 Å². The molecule has 80 valence electrons. The van der Waals surface area contributed by atoms with E-state index in [1.54, 1.807) is 0 Å². The molecule has 0 bridgehead atoms. The summed E-state index contributed by atoms with van der Waals surface area (Å²) in [5.41, 5.74) is 7.65. The van der Waals surface area contributed by atoms with E-state index in [1.165, 1.54) is 0 Å². The molecule has 1 aromatic heterocycles. The fraction of sp³-hybridized carbons (Fsp3) is 0.778. The molecule has 1 rings (SSSR count). The van der Waals surface area contributed by atoms with Gasteiger partial charge in [-0.25, -0.2) is 4.68 Å². The molecule has 0 aromatic carbocycles. The zero-order valence-corrected chi connectivity index (χ0v) is 9.19. The Bertz CT molecular complexity index is 279. The summed E-state index contributed by atoms with van der Waals surface area (Å²) in [6.07, 6.45) is 0.937. The Kier molecular flexibility index (Phi) is 4.03. The third-order valence-electron chi connectivity index (χ3n) is 2.21. The van der Waals surface area contributed by atoms with Crippen LogP contribution in [0.3, 0.4) is 0 Å². The van der Waals surface area contributed by atoms with Crippen LogP contribution in [-0.4, -0.2) is 40.5 Å². The number of hydrogen-bond donors (Lipinski definition) is 1. The summed E-state index contributed by atoms with van der Waals surface area (Å²) < 4.78 is 1.95. The second kappa shape index (κ2) is 5.07. The molecule has 0 aliphatic carbocycles. The smallest absolute Gasteiger partial charge is 0.0994 e. The first-order valence-electron chi connectivity index (χ1n) is 4.95. The summed E-state index contributed by atoms with van der Waals surface area (Å²) >= 11 is 0. The van der Waals surface area contributed by atoms with Gasteiger partial charge in [0.1, 0.15) is 0 Å². The van der Waals surface area contributed by atoms with Crippen LogP contribution < -0.4 is 5.73 Å². The van der Waals surface area contributed by atoms with Crippen molar-refractivity contribution < 1.29 is 0 Å². The minimum atomic E-state index is 0.477. The average molecular weight is 197 g/mol. The lowest BCUT2D eigenvalue weighted by molar-refractivity contribution is 0.367. The predicted octanol–water partition coefficient (Wildman–Crippen LogP) is -0.139. The van der Waals surface area contributed by atoms with E-state index in [2.05, 4.69) is 22.1 Å². The lowest BCUT2D eigenvalue weighted by atomic mass is 10.2. The molecule has 0 saturated heterocycles. The van der Waals surface area contributed by atoms with Crippen molar-refractivity contribution in [2.24, 2.45) is 5.73 Å². The zero-order chi connectivity index (χ0) is 10.6. The van der Waals surface area contributed by atoms with Gasteiger partial charge in [-0.05, 0) is 20.5 Å². The summed E-state index contributed by atoms with van der Waals surface area (Å²) in [6.45, 7) is 4.43. The Morgan fingerprint density at radius 3 is 2.64 bits per heavy atom. The van der Waals surface area contributed by atoms with Crippen LogP contribution in [0.4, 0.5) is 0 Å². The molecule has 0 radical (unpaired) electrons. The van der Waals surface area contributed by atoms with Crippen molar-refractivity contribution >= 4 is 0 Å². The summed E-state index contributed by atoms with van der Waals surface area (Å²) in [5, 5.41) is 8.14. The van der Waals surface area contributed by atoms with E-state index in [4.69, 9.17) is 5.73 Å². The van der Waals surface area contributed by atoms with Gasteiger partial charge in [0.2, 0.25) is 0 Å². The van der Waals surface area contributed by atoms with Gasteiger partial charge in [-0.1, -0.05) is 12.1 Å². The molecule has 0 fully saturated rings. The Hall–Kier alpha value is -0.940. The first-order valence-corrected chi connectivity index (χ1v) is 4.95. The summed E-state index contributed by atoms with van der Waals surface area (Å²) in [4.78, 5) is 2.13. The van der Waals surface area contributed by atoms with Gasteiger partial charge in [-0.3, -0.25) is 0 Å². The molecule has 0 saturated carbocycles. The average Bonchev–Trinajstić information content (AvgIpc) is 2.56. The van der Waals surface area contributed by atoms with E-state index in [-0.39, 0.29) is 0 Å². The first kappa shape index (κ1) is 11.1. The maximum Gasteiger partial charge on any atom is 0.0994 e. The molecule has 0 atom stereocenters. The van der Waals surface area contributed by atoms with E-state index in [1.807, 2.05) is 18.8 Å². The first-order chi connectivity index (χ1) is 6.69. The van der Waals surface area contributed by atoms with Gasteiger partial charge >= 0.3 is 0 Å². The standard InChI is InChI=1S/C9H19N5/c1-4-9-8(7-10)11-12-14(9)6-5-13(2)3/h4-7,10H2,1-3H3. The summed E-state index contributed by atoms with van der Waals surface area (Å²) in [7, 11) is 4.10. The number of nitrogens with zero attached hydrogens (tertiary/aromatic N) is 4. The largest absolute Gasteiger partial charge is 0.325 e. The Balaban J connectivity index is 2.71. The van der Waals surface area contributed by atoms with E-state index in [0.29, 0.717) is 6.54 Å².